The van der Waals surface area contributed by atoms with Gasteiger partial charge in [0.15, 0.2) is 5.96 Å². The number of nitrogens with one attached hydrogen (secondary N) is 2. The molecule has 2 rings (SSSR count). The molecule has 0 aliphatic heterocycles. The number of hydrogen-bond acceptors (Lipinski definition) is 4. The van der Waals surface area contributed by atoms with Crippen molar-refractivity contribution in [3.8, 4) is 5.88 Å². The van der Waals surface area contributed by atoms with Crippen LogP contribution < -0.4 is 15.4 Å². The minimum absolute atomic E-state index is 0. The summed E-state index contributed by atoms with van der Waals surface area (Å²) in [4.78, 5) is 8.82. The van der Waals surface area contributed by atoms with Crippen molar-refractivity contribution in [1.82, 2.24) is 15.6 Å². The van der Waals surface area contributed by atoms with Crippen molar-refractivity contribution in [2.75, 3.05) is 20.2 Å². The number of guanidine groups is 1. The highest BCUT2D eigenvalue weighted by Gasteiger charge is 2.34. The van der Waals surface area contributed by atoms with Gasteiger partial charge in [-0.05, 0) is 23.6 Å². The van der Waals surface area contributed by atoms with Gasteiger partial charge in [0.1, 0.15) is 12.2 Å². The van der Waals surface area contributed by atoms with E-state index in [1.54, 1.807) is 18.4 Å². The molecule has 0 unspecified atom stereocenters. The van der Waals surface area contributed by atoms with Crippen molar-refractivity contribution in [3.05, 3.63) is 46.3 Å². The Morgan fingerprint density at radius 3 is 2.72 bits per heavy atom. The van der Waals surface area contributed by atoms with Gasteiger partial charge in [-0.2, -0.15) is 13.2 Å². The summed E-state index contributed by atoms with van der Waals surface area (Å²) in [7, 11) is 1.62. The summed E-state index contributed by atoms with van der Waals surface area (Å²) < 4.78 is 43.6. The Morgan fingerprint density at radius 1 is 1.28 bits per heavy atom. The maximum atomic E-state index is 12.8. The molecule has 0 atom stereocenters. The molecule has 138 valence electrons. The molecule has 0 spiro atoms. The molecule has 0 aliphatic carbocycles. The molecule has 0 fully saturated rings. The van der Waals surface area contributed by atoms with E-state index < -0.39 is 17.6 Å². The van der Waals surface area contributed by atoms with E-state index in [0.29, 0.717) is 12.5 Å². The third-order valence-electron chi connectivity index (χ3n) is 2.94. The molecule has 2 aromatic rings. The van der Waals surface area contributed by atoms with Crippen LogP contribution in [0.1, 0.15) is 10.4 Å². The van der Waals surface area contributed by atoms with Gasteiger partial charge in [0.2, 0.25) is 5.88 Å². The van der Waals surface area contributed by atoms with Crippen molar-refractivity contribution in [3.63, 3.8) is 0 Å². The molecule has 5 nitrogen and oxygen atoms in total. The molecule has 2 aromatic heterocycles. The quantitative estimate of drug-likeness (QED) is 0.284. The number of hydrogen-bond donors (Lipinski definition) is 2. The van der Waals surface area contributed by atoms with Crippen molar-refractivity contribution in [2.24, 2.45) is 4.99 Å². The van der Waals surface area contributed by atoms with Crippen LogP contribution in [0.25, 0.3) is 0 Å². The van der Waals surface area contributed by atoms with Gasteiger partial charge in [-0.25, -0.2) is 4.98 Å². The maximum Gasteiger partial charge on any atom is 0.421 e. The molecule has 0 saturated carbocycles. The van der Waals surface area contributed by atoms with Gasteiger partial charge in [-0.1, -0.05) is 6.07 Å². The first-order valence-electron chi connectivity index (χ1n) is 7.12. The number of thiophene rings is 1. The molecular weight excluding hydrogens is 468 g/mol. The normalized spacial score (nSPS) is 11.6. The zero-order valence-corrected chi connectivity index (χ0v) is 16.5. The lowest BCUT2D eigenvalue weighted by atomic mass is 10.2. The van der Waals surface area contributed by atoms with E-state index in [4.69, 9.17) is 4.74 Å². The van der Waals surface area contributed by atoms with E-state index in [1.165, 1.54) is 12.3 Å². The molecule has 0 aromatic carbocycles. The average molecular weight is 486 g/mol. The van der Waals surface area contributed by atoms with Crippen molar-refractivity contribution in [1.29, 1.82) is 0 Å². The van der Waals surface area contributed by atoms with E-state index in [2.05, 4.69) is 20.6 Å². The molecule has 2 N–H and O–H groups in total. The Labute approximate surface area is 164 Å². The predicted octanol–water partition coefficient (Wildman–Crippen LogP) is 3.52. The van der Waals surface area contributed by atoms with Crippen molar-refractivity contribution < 1.29 is 17.9 Å². The fourth-order valence-corrected chi connectivity index (χ4v) is 2.49. The number of aliphatic imine (C=N–C) groups is 1. The lowest BCUT2D eigenvalue weighted by molar-refractivity contribution is -0.139. The second-order valence-corrected chi connectivity index (χ2v) is 5.67. The number of rotatable bonds is 6. The summed E-state index contributed by atoms with van der Waals surface area (Å²) in [5.74, 6) is 0.123. The standard InChI is InChI=1S/C15H17F3N4OS.HI/c1-19-14(22-10-11-4-3-9-24-11)21-7-8-23-13-12(15(16,17)18)5-2-6-20-13;/h2-6,9H,7-8,10H2,1H3,(H2,19,21,22);1H. The number of aromatic nitrogens is 1. The number of alkyl halides is 3. The SMILES string of the molecule is CN=C(NCCOc1ncccc1C(F)(F)F)NCc1cccs1.I. The number of halogens is 4. The summed E-state index contributed by atoms with van der Waals surface area (Å²) in [5.41, 5.74) is -0.884. The van der Waals surface area contributed by atoms with Crippen molar-refractivity contribution in [2.45, 2.75) is 12.7 Å². The lowest BCUT2D eigenvalue weighted by Crippen LogP contribution is -2.38. The smallest absolute Gasteiger partial charge is 0.421 e. The van der Waals surface area contributed by atoms with E-state index in [9.17, 15) is 13.2 Å². The summed E-state index contributed by atoms with van der Waals surface area (Å²) in [5, 5.41) is 8.05. The first-order chi connectivity index (χ1) is 11.5. The van der Waals surface area contributed by atoms with Crippen LogP contribution in [0, 0.1) is 0 Å². The highest BCUT2D eigenvalue weighted by molar-refractivity contribution is 14.0. The van der Waals surface area contributed by atoms with Crippen LogP contribution in [-0.2, 0) is 12.7 Å². The zero-order valence-electron chi connectivity index (χ0n) is 13.3. The van der Waals surface area contributed by atoms with Gasteiger partial charge in [0.25, 0.3) is 0 Å². The minimum Gasteiger partial charge on any atom is -0.475 e. The first-order valence-corrected chi connectivity index (χ1v) is 8.00. The zero-order chi connectivity index (χ0) is 17.4. The van der Waals surface area contributed by atoms with Gasteiger partial charge in [0.05, 0.1) is 13.1 Å². The highest BCUT2D eigenvalue weighted by Crippen LogP contribution is 2.34. The second kappa shape index (κ2) is 10.4. The Balaban J connectivity index is 0.00000312. The average Bonchev–Trinajstić information content (AvgIpc) is 3.07. The van der Waals surface area contributed by atoms with Gasteiger partial charge >= 0.3 is 6.18 Å². The summed E-state index contributed by atoms with van der Waals surface area (Å²) in [6.45, 7) is 0.939. The van der Waals surface area contributed by atoms with Gasteiger partial charge < -0.3 is 15.4 Å². The van der Waals surface area contributed by atoms with E-state index in [-0.39, 0.29) is 37.1 Å². The second-order valence-electron chi connectivity index (χ2n) is 4.63. The van der Waals surface area contributed by atoms with E-state index in [1.807, 2.05) is 17.5 Å². The Morgan fingerprint density at radius 2 is 2.08 bits per heavy atom. The first kappa shape index (κ1) is 21.5. The van der Waals surface area contributed by atoms with Crippen LogP contribution >= 0.6 is 35.3 Å². The summed E-state index contributed by atoms with van der Waals surface area (Å²) in [6, 6.07) is 6.12. The molecule has 0 radical (unpaired) electrons. The van der Waals surface area contributed by atoms with Crippen LogP contribution in [0.3, 0.4) is 0 Å². The number of pyridine rings is 1. The molecule has 0 bridgehead atoms. The van der Waals surface area contributed by atoms with Gasteiger partial charge in [-0.15, -0.1) is 35.3 Å². The van der Waals surface area contributed by atoms with Gasteiger partial charge in [0, 0.05) is 18.1 Å². The molecule has 0 amide bonds. The van der Waals surface area contributed by atoms with E-state index in [0.717, 1.165) is 10.9 Å². The monoisotopic (exact) mass is 486 g/mol. The Bertz CT molecular complexity index is 665. The molecule has 10 heteroatoms. The maximum absolute atomic E-state index is 12.8. The summed E-state index contributed by atoms with van der Waals surface area (Å²) in [6.07, 6.45) is -3.23. The molecule has 25 heavy (non-hydrogen) atoms. The predicted molar refractivity (Wildman–Crippen MR) is 103 cm³/mol. The Kier molecular flexibility index (Phi) is 8.97. The fraction of sp³-hybridized carbons (Fsp3) is 0.333. The van der Waals surface area contributed by atoms with Crippen LogP contribution in [0.4, 0.5) is 13.2 Å². The van der Waals surface area contributed by atoms with E-state index >= 15 is 0 Å². The molecular formula is C15H18F3IN4OS. The summed E-state index contributed by atoms with van der Waals surface area (Å²) >= 11 is 1.62. The molecule has 0 aliphatic rings. The van der Waals surface area contributed by atoms with Crippen LogP contribution in [0.15, 0.2) is 40.8 Å². The molecule has 0 saturated heterocycles. The van der Waals surface area contributed by atoms with Gasteiger partial charge in [-0.3, -0.25) is 4.99 Å². The van der Waals surface area contributed by atoms with Crippen molar-refractivity contribution >= 4 is 41.3 Å². The largest absolute Gasteiger partial charge is 0.475 e. The third-order valence-corrected chi connectivity index (χ3v) is 3.82. The van der Waals surface area contributed by atoms with Crippen LogP contribution in [0.2, 0.25) is 0 Å². The fourth-order valence-electron chi connectivity index (χ4n) is 1.84. The number of nitrogens with zero attached hydrogens (tertiary/aromatic N) is 2. The van der Waals surface area contributed by atoms with Crippen LogP contribution in [-0.4, -0.2) is 31.1 Å². The topological polar surface area (TPSA) is 58.5 Å². The lowest BCUT2D eigenvalue weighted by Gasteiger charge is -2.14. The highest BCUT2D eigenvalue weighted by atomic mass is 127. The van der Waals surface area contributed by atoms with Crippen LogP contribution in [0.5, 0.6) is 5.88 Å². The minimum atomic E-state index is -4.49. The number of ether oxygens (including phenoxy) is 1. The third kappa shape index (κ3) is 7.06. The Hall–Kier alpha value is -1.56. The molecule has 2 heterocycles.